The number of anilines is 1. The highest BCUT2D eigenvalue weighted by Gasteiger charge is 2.26. The van der Waals surface area contributed by atoms with Gasteiger partial charge in [0.1, 0.15) is 5.82 Å². The number of rotatable bonds is 4. The number of hydrogen-bond donors (Lipinski definition) is 2. The number of benzene rings is 3. The Kier molecular flexibility index (Phi) is 5.64. The SMILES string of the molecule is Cc1ccc(C(=Cc2cccc(F)c2)C(=O)N(O)C(=O)c2ccc3c(c2)CCN3)cc1. The number of carbonyl (C=O) groups is 2. The predicted octanol–water partition coefficient (Wildman–Crippen LogP) is 4.70. The number of amides is 2. The van der Waals surface area contributed by atoms with Crippen LogP contribution in [-0.2, 0) is 11.2 Å². The number of fused-ring (bicyclic) bond motifs is 1. The maximum absolute atomic E-state index is 13.7. The topological polar surface area (TPSA) is 69.6 Å². The van der Waals surface area contributed by atoms with Gasteiger partial charge in [-0.25, -0.2) is 4.39 Å². The lowest BCUT2D eigenvalue weighted by Crippen LogP contribution is -2.34. The number of hydroxylamine groups is 2. The average Bonchev–Trinajstić information content (AvgIpc) is 3.25. The second-order valence-electron chi connectivity index (χ2n) is 7.45. The van der Waals surface area contributed by atoms with E-state index in [0.717, 1.165) is 29.8 Å². The molecule has 2 amide bonds. The number of hydrogen-bond acceptors (Lipinski definition) is 4. The van der Waals surface area contributed by atoms with Crippen molar-refractivity contribution in [2.24, 2.45) is 0 Å². The van der Waals surface area contributed by atoms with Gasteiger partial charge in [0.15, 0.2) is 0 Å². The van der Waals surface area contributed by atoms with Gasteiger partial charge in [0.05, 0.1) is 5.57 Å². The molecule has 0 radical (unpaired) electrons. The van der Waals surface area contributed by atoms with E-state index < -0.39 is 17.6 Å². The zero-order valence-electron chi connectivity index (χ0n) is 16.9. The third-order valence-corrected chi connectivity index (χ3v) is 5.20. The lowest BCUT2D eigenvalue weighted by molar-refractivity contribution is -0.146. The summed E-state index contributed by atoms with van der Waals surface area (Å²) >= 11 is 0. The Labute approximate surface area is 179 Å². The van der Waals surface area contributed by atoms with Crippen LogP contribution in [0.4, 0.5) is 10.1 Å². The Morgan fingerprint density at radius 3 is 2.52 bits per heavy atom. The van der Waals surface area contributed by atoms with E-state index in [2.05, 4.69) is 5.32 Å². The van der Waals surface area contributed by atoms with Crippen LogP contribution in [0.3, 0.4) is 0 Å². The van der Waals surface area contributed by atoms with Gasteiger partial charge in [0.2, 0.25) is 0 Å². The molecule has 0 atom stereocenters. The van der Waals surface area contributed by atoms with E-state index >= 15 is 0 Å². The molecule has 1 aliphatic rings. The van der Waals surface area contributed by atoms with Gasteiger partial charge in [0.25, 0.3) is 11.8 Å². The van der Waals surface area contributed by atoms with Crippen molar-refractivity contribution in [1.82, 2.24) is 5.06 Å². The van der Waals surface area contributed by atoms with Crippen molar-refractivity contribution in [3.8, 4) is 0 Å². The van der Waals surface area contributed by atoms with E-state index in [4.69, 9.17) is 0 Å². The molecular formula is C25H21FN2O3. The number of halogens is 1. The molecule has 0 aliphatic carbocycles. The molecule has 4 rings (SSSR count). The molecular weight excluding hydrogens is 395 g/mol. The number of nitrogens with one attached hydrogen (secondary N) is 1. The predicted molar refractivity (Wildman–Crippen MR) is 117 cm³/mol. The third-order valence-electron chi connectivity index (χ3n) is 5.20. The minimum absolute atomic E-state index is 0.0734. The Morgan fingerprint density at radius 1 is 1.03 bits per heavy atom. The minimum Gasteiger partial charge on any atom is -0.384 e. The standard InChI is InChI=1S/C25H21FN2O3/c1-16-5-7-18(8-6-16)22(14-17-3-2-4-21(26)13-17)25(30)28(31)24(29)20-9-10-23-19(15-20)11-12-27-23/h2-10,13-15,27,31H,11-12H2,1H3. The minimum atomic E-state index is -0.892. The second kappa shape index (κ2) is 8.53. The largest absolute Gasteiger partial charge is 0.384 e. The van der Waals surface area contributed by atoms with Crippen molar-refractivity contribution < 1.29 is 19.2 Å². The molecule has 2 N–H and O–H groups in total. The maximum atomic E-state index is 13.7. The van der Waals surface area contributed by atoms with Gasteiger partial charge in [-0.15, -0.1) is 5.06 Å². The molecule has 3 aromatic rings. The number of aryl methyl sites for hydroxylation is 1. The van der Waals surface area contributed by atoms with Gasteiger partial charge in [-0.1, -0.05) is 42.0 Å². The lowest BCUT2D eigenvalue weighted by atomic mass is 10.00. The highest BCUT2D eigenvalue weighted by Crippen LogP contribution is 2.25. The van der Waals surface area contributed by atoms with Crippen LogP contribution in [0.25, 0.3) is 11.6 Å². The molecule has 3 aromatic carbocycles. The highest BCUT2D eigenvalue weighted by atomic mass is 19.1. The first kappa shape index (κ1) is 20.5. The summed E-state index contributed by atoms with van der Waals surface area (Å²) < 4.78 is 13.7. The molecule has 0 unspecified atom stereocenters. The Hall–Kier alpha value is -3.77. The van der Waals surface area contributed by atoms with E-state index in [1.165, 1.54) is 24.3 Å². The van der Waals surface area contributed by atoms with Crippen LogP contribution < -0.4 is 5.32 Å². The van der Waals surface area contributed by atoms with Crippen LogP contribution >= 0.6 is 0 Å². The molecule has 0 fully saturated rings. The fourth-order valence-corrected chi connectivity index (χ4v) is 3.53. The Morgan fingerprint density at radius 2 is 1.77 bits per heavy atom. The molecule has 0 bridgehead atoms. The Bertz CT molecular complexity index is 1190. The summed E-state index contributed by atoms with van der Waals surface area (Å²) in [6, 6.07) is 17.8. The number of nitrogens with zero attached hydrogens (tertiary/aromatic N) is 1. The Balaban J connectivity index is 1.69. The van der Waals surface area contributed by atoms with Crippen LogP contribution in [0.15, 0.2) is 66.7 Å². The number of carbonyl (C=O) groups excluding carboxylic acids is 2. The van der Waals surface area contributed by atoms with E-state index in [0.29, 0.717) is 11.1 Å². The van der Waals surface area contributed by atoms with Crippen molar-refractivity contribution in [2.75, 3.05) is 11.9 Å². The third kappa shape index (κ3) is 4.39. The number of imide groups is 1. The average molecular weight is 416 g/mol. The summed E-state index contributed by atoms with van der Waals surface area (Å²) in [5.41, 5.74) is 4.12. The summed E-state index contributed by atoms with van der Waals surface area (Å²) in [7, 11) is 0. The van der Waals surface area contributed by atoms with Crippen LogP contribution in [-0.4, -0.2) is 28.6 Å². The second-order valence-corrected chi connectivity index (χ2v) is 7.45. The van der Waals surface area contributed by atoms with Crippen LogP contribution in [0, 0.1) is 12.7 Å². The quantitative estimate of drug-likeness (QED) is 0.280. The normalized spacial score (nSPS) is 12.8. The van der Waals surface area contributed by atoms with Crippen molar-refractivity contribution in [2.45, 2.75) is 13.3 Å². The van der Waals surface area contributed by atoms with E-state index in [1.807, 2.05) is 19.1 Å². The highest BCUT2D eigenvalue weighted by molar-refractivity contribution is 6.28. The van der Waals surface area contributed by atoms with Gasteiger partial charge in [0, 0.05) is 17.8 Å². The fraction of sp³-hybridized carbons (Fsp3) is 0.120. The van der Waals surface area contributed by atoms with Crippen molar-refractivity contribution in [1.29, 1.82) is 0 Å². The van der Waals surface area contributed by atoms with Gasteiger partial charge < -0.3 is 5.32 Å². The van der Waals surface area contributed by atoms with E-state index in [-0.39, 0.29) is 16.2 Å². The van der Waals surface area contributed by atoms with Crippen LogP contribution in [0.5, 0.6) is 0 Å². The van der Waals surface area contributed by atoms with Crippen LogP contribution in [0.2, 0.25) is 0 Å². The van der Waals surface area contributed by atoms with Crippen molar-refractivity contribution >= 4 is 29.2 Å². The summed E-state index contributed by atoms with van der Waals surface area (Å²) in [6.45, 7) is 2.69. The van der Waals surface area contributed by atoms with Gasteiger partial charge >= 0.3 is 0 Å². The molecule has 156 valence electrons. The smallest absolute Gasteiger partial charge is 0.285 e. The molecule has 0 aromatic heterocycles. The first-order valence-corrected chi connectivity index (χ1v) is 9.91. The molecule has 0 spiro atoms. The summed E-state index contributed by atoms with van der Waals surface area (Å²) in [6.07, 6.45) is 2.23. The summed E-state index contributed by atoms with van der Waals surface area (Å²) in [5.74, 6) is -2.16. The van der Waals surface area contributed by atoms with Gasteiger partial charge in [-0.05, 0) is 66.4 Å². The molecule has 1 aliphatic heterocycles. The zero-order valence-corrected chi connectivity index (χ0v) is 16.9. The van der Waals surface area contributed by atoms with Gasteiger partial charge in [-0.2, -0.15) is 0 Å². The van der Waals surface area contributed by atoms with Crippen molar-refractivity contribution in [3.05, 3.63) is 100 Å². The fourth-order valence-electron chi connectivity index (χ4n) is 3.53. The van der Waals surface area contributed by atoms with Gasteiger partial charge in [-0.3, -0.25) is 14.8 Å². The molecule has 31 heavy (non-hydrogen) atoms. The zero-order chi connectivity index (χ0) is 22.0. The van der Waals surface area contributed by atoms with E-state index in [1.54, 1.807) is 36.4 Å². The molecule has 0 saturated heterocycles. The maximum Gasteiger partial charge on any atom is 0.285 e. The van der Waals surface area contributed by atoms with Crippen LogP contribution in [0.1, 0.15) is 32.6 Å². The van der Waals surface area contributed by atoms with E-state index in [9.17, 15) is 19.2 Å². The van der Waals surface area contributed by atoms with Crippen molar-refractivity contribution in [3.63, 3.8) is 0 Å². The molecule has 0 saturated carbocycles. The molecule has 1 heterocycles. The lowest BCUT2D eigenvalue weighted by Gasteiger charge is -2.16. The molecule has 5 nitrogen and oxygen atoms in total. The first-order valence-electron chi connectivity index (χ1n) is 9.91. The molecule has 6 heteroatoms. The monoisotopic (exact) mass is 416 g/mol. The first-order chi connectivity index (χ1) is 14.9. The summed E-state index contributed by atoms with van der Waals surface area (Å²) in [4.78, 5) is 26.0. The summed E-state index contributed by atoms with van der Waals surface area (Å²) in [5, 5.41) is 13.8.